The van der Waals surface area contributed by atoms with Gasteiger partial charge >= 0.3 is 0 Å². The number of hydrogen-bond donors (Lipinski definition) is 2. The Morgan fingerprint density at radius 2 is 2.07 bits per heavy atom. The number of amides is 2. The summed E-state index contributed by atoms with van der Waals surface area (Å²) in [5.41, 5.74) is 1.87. The van der Waals surface area contributed by atoms with Gasteiger partial charge in [0.2, 0.25) is 11.8 Å². The summed E-state index contributed by atoms with van der Waals surface area (Å²) in [6.45, 7) is 0. The van der Waals surface area contributed by atoms with Gasteiger partial charge in [-0.2, -0.15) is 5.10 Å². The molecular formula is C20H17FN4O3. The van der Waals surface area contributed by atoms with Crippen molar-refractivity contribution in [3.05, 3.63) is 60.5 Å². The topological polar surface area (TPSA) is 85.2 Å². The highest BCUT2D eigenvalue weighted by atomic mass is 19.1. The molecule has 1 atom stereocenters. The SMILES string of the molecule is COc1cccc(NC(=O)C2CC(=O)Nc3c(-c4ccc(F)cc4)cnn32)c1. The molecule has 0 saturated heterocycles. The number of methoxy groups -OCH3 is 1. The predicted octanol–water partition coefficient (Wildman–Crippen LogP) is 3.22. The summed E-state index contributed by atoms with van der Waals surface area (Å²) in [5.74, 6) is 0.0100. The van der Waals surface area contributed by atoms with Gasteiger partial charge in [0, 0.05) is 17.3 Å². The smallest absolute Gasteiger partial charge is 0.249 e. The number of carbonyl (C=O) groups excluding carboxylic acids is 2. The molecule has 1 aromatic heterocycles. The van der Waals surface area contributed by atoms with Gasteiger partial charge < -0.3 is 15.4 Å². The molecule has 2 N–H and O–H groups in total. The van der Waals surface area contributed by atoms with Crippen LogP contribution < -0.4 is 15.4 Å². The molecule has 142 valence electrons. The fraction of sp³-hybridized carbons (Fsp3) is 0.150. The van der Waals surface area contributed by atoms with Crippen LogP contribution in [-0.4, -0.2) is 28.7 Å². The van der Waals surface area contributed by atoms with E-state index in [0.717, 1.165) is 0 Å². The molecule has 8 heteroatoms. The first-order valence-corrected chi connectivity index (χ1v) is 8.63. The van der Waals surface area contributed by atoms with E-state index in [0.29, 0.717) is 28.4 Å². The second-order valence-corrected chi connectivity index (χ2v) is 6.35. The van der Waals surface area contributed by atoms with Crippen LogP contribution in [0.1, 0.15) is 12.5 Å². The zero-order chi connectivity index (χ0) is 19.7. The van der Waals surface area contributed by atoms with Crippen LogP contribution in [0.15, 0.2) is 54.7 Å². The number of anilines is 2. The van der Waals surface area contributed by atoms with Crippen molar-refractivity contribution in [2.45, 2.75) is 12.5 Å². The molecule has 2 heterocycles. The van der Waals surface area contributed by atoms with E-state index in [1.54, 1.807) is 49.7 Å². The minimum Gasteiger partial charge on any atom is -0.497 e. The largest absolute Gasteiger partial charge is 0.497 e. The number of carbonyl (C=O) groups is 2. The van der Waals surface area contributed by atoms with E-state index in [1.165, 1.54) is 16.8 Å². The van der Waals surface area contributed by atoms with E-state index in [4.69, 9.17) is 4.74 Å². The zero-order valence-electron chi connectivity index (χ0n) is 15.0. The first-order chi connectivity index (χ1) is 13.5. The van der Waals surface area contributed by atoms with Crippen molar-refractivity contribution in [2.24, 2.45) is 0 Å². The van der Waals surface area contributed by atoms with Crippen molar-refractivity contribution < 1.29 is 18.7 Å². The molecule has 0 saturated carbocycles. The summed E-state index contributed by atoms with van der Waals surface area (Å²) in [6, 6.07) is 12.0. The first kappa shape index (κ1) is 17.7. The summed E-state index contributed by atoms with van der Waals surface area (Å²) in [5, 5.41) is 9.84. The highest BCUT2D eigenvalue weighted by Gasteiger charge is 2.33. The average Bonchev–Trinajstić information content (AvgIpc) is 3.11. The normalized spacial score (nSPS) is 15.5. The molecule has 3 aromatic rings. The molecule has 0 aliphatic carbocycles. The maximum Gasteiger partial charge on any atom is 0.249 e. The third-order valence-corrected chi connectivity index (χ3v) is 4.52. The number of hydrogen-bond acceptors (Lipinski definition) is 4. The lowest BCUT2D eigenvalue weighted by Gasteiger charge is -2.24. The second kappa shape index (κ2) is 7.15. The lowest BCUT2D eigenvalue weighted by molar-refractivity contribution is -0.125. The maximum absolute atomic E-state index is 13.2. The minimum absolute atomic E-state index is 0.0344. The van der Waals surface area contributed by atoms with Crippen molar-refractivity contribution in [2.75, 3.05) is 17.7 Å². The lowest BCUT2D eigenvalue weighted by atomic mass is 10.1. The molecular weight excluding hydrogens is 363 g/mol. The lowest BCUT2D eigenvalue weighted by Crippen LogP contribution is -2.35. The quantitative estimate of drug-likeness (QED) is 0.728. The number of nitrogens with one attached hydrogen (secondary N) is 2. The molecule has 2 amide bonds. The van der Waals surface area contributed by atoms with Crippen LogP contribution >= 0.6 is 0 Å². The van der Waals surface area contributed by atoms with Crippen LogP contribution in [0.4, 0.5) is 15.9 Å². The van der Waals surface area contributed by atoms with Gasteiger partial charge in [0.25, 0.3) is 0 Å². The summed E-state index contributed by atoms with van der Waals surface area (Å²) in [7, 11) is 1.54. The first-order valence-electron chi connectivity index (χ1n) is 8.63. The molecule has 0 bridgehead atoms. The Balaban J connectivity index is 1.64. The van der Waals surface area contributed by atoms with Crippen LogP contribution in [-0.2, 0) is 9.59 Å². The molecule has 1 aliphatic heterocycles. The molecule has 1 unspecified atom stereocenters. The van der Waals surface area contributed by atoms with Crippen molar-refractivity contribution in [3.63, 3.8) is 0 Å². The number of ether oxygens (including phenoxy) is 1. The Morgan fingerprint density at radius 1 is 1.29 bits per heavy atom. The van der Waals surface area contributed by atoms with Crippen molar-refractivity contribution >= 4 is 23.3 Å². The Bertz CT molecular complexity index is 1050. The highest BCUT2D eigenvalue weighted by Crippen LogP contribution is 2.34. The standard InChI is InChI=1S/C20H17FN4O3/c1-28-15-4-2-3-14(9-15)23-20(27)17-10-18(26)24-19-16(11-22-25(17)19)12-5-7-13(21)8-6-12/h2-9,11,17H,10H2,1H3,(H,23,27)(H,24,26). The van der Waals surface area contributed by atoms with E-state index in [2.05, 4.69) is 15.7 Å². The van der Waals surface area contributed by atoms with Crippen LogP contribution in [0.2, 0.25) is 0 Å². The van der Waals surface area contributed by atoms with Crippen molar-refractivity contribution in [1.29, 1.82) is 0 Å². The fourth-order valence-electron chi connectivity index (χ4n) is 3.14. The number of rotatable bonds is 4. The van der Waals surface area contributed by atoms with Gasteiger partial charge in [0.1, 0.15) is 23.4 Å². The van der Waals surface area contributed by atoms with Crippen LogP contribution in [0.3, 0.4) is 0 Å². The van der Waals surface area contributed by atoms with Gasteiger partial charge in [-0.1, -0.05) is 18.2 Å². The minimum atomic E-state index is -0.802. The third kappa shape index (κ3) is 3.32. The molecule has 28 heavy (non-hydrogen) atoms. The van der Waals surface area contributed by atoms with E-state index in [-0.39, 0.29) is 24.1 Å². The van der Waals surface area contributed by atoms with Gasteiger partial charge in [-0.25, -0.2) is 9.07 Å². The zero-order valence-corrected chi connectivity index (χ0v) is 15.0. The van der Waals surface area contributed by atoms with Crippen LogP contribution in [0, 0.1) is 5.82 Å². The van der Waals surface area contributed by atoms with Gasteiger partial charge in [0.05, 0.1) is 19.7 Å². The summed E-state index contributed by atoms with van der Waals surface area (Å²) in [6.07, 6.45) is 1.52. The highest BCUT2D eigenvalue weighted by molar-refractivity contribution is 6.03. The molecule has 2 aromatic carbocycles. The third-order valence-electron chi connectivity index (χ3n) is 4.52. The van der Waals surface area contributed by atoms with Gasteiger partial charge in [-0.05, 0) is 29.8 Å². The van der Waals surface area contributed by atoms with Crippen molar-refractivity contribution in [3.8, 4) is 16.9 Å². The number of benzene rings is 2. The van der Waals surface area contributed by atoms with Gasteiger partial charge in [-0.15, -0.1) is 0 Å². The Morgan fingerprint density at radius 3 is 2.82 bits per heavy atom. The van der Waals surface area contributed by atoms with Gasteiger partial charge in [-0.3, -0.25) is 9.59 Å². The Labute approximate surface area is 160 Å². The molecule has 0 spiro atoms. The summed E-state index contributed by atoms with van der Waals surface area (Å²) >= 11 is 0. The van der Waals surface area contributed by atoms with E-state index < -0.39 is 6.04 Å². The maximum atomic E-state index is 13.2. The number of halogens is 1. The summed E-state index contributed by atoms with van der Waals surface area (Å²) in [4.78, 5) is 25.0. The number of fused-ring (bicyclic) bond motifs is 1. The van der Waals surface area contributed by atoms with E-state index >= 15 is 0 Å². The van der Waals surface area contributed by atoms with Crippen LogP contribution in [0.5, 0.6) is 5.75 Å². The van der Waals surface area contributed by atoms with E-state index in [9.17, 15) is 14.0 Å². The average molecular weight is 380 g/mol. The fourth-order valence-corrected chi connectivity index (χ4v) is 3.14. The molecule has 1 aliphatic rings. The molecule has 4 rings (SSSR count). The summed E-state index contributed by atoms with van der Waals surface area (Å²) < 4.78 is 19.8. The Kier molecular flexibility index (Phi) is 4.52. The molecule has 0 fully saturated rings. The predicted molar refractivity (Wildman–Crippen MR) is 102 cm³/mol. The molecule has 0 radical (unpaired) electrons. The second-order valence-electron chi connectivity index (χ2n) is 6.35. The molecule has 7 nitrogen and oxygen atoms in total. The monoisotopic (exact) mass is 380 g/mol. The van der Waals surface area contributed by atoms with E-state index in [1.807, 2.05) is 0 Å². The number of aromatic nitrogens is 2. The Hall–Kier alpha value is -3.68. The van der Waals surface area contributed by atoms with Crippen molar-refractivity contribution in [1.82, 2.24) is 9.78 Å². The van der Waals surface area contributed by atoms with Gasteiger partial charge in [0.15, 0.2) is 0 Å². The van der Waals surface area contributed by atoms with Crippen LogP contribution in [0.25, 0.3) is 11.1 Å². The number of nitrogens with zero attached hydrogens (tertiary/aromatic N) is 2.